The van der Waals surface area contributed by atoms with E-state index in [1.165, 1.54) is 24.3 Å². The summed E-state index contributed by atoms with van der Waals surface area (Å²) < 4.78 is 12.8. The number of hydrogen-bond donors (Lipinski definition) is 2. The highest BCUT2D eigenvalue weighted by Gasteiger charge is 2.09. The van der Waals surface area contributed by atoms with Crippen molar-refractivity contribution in [1.29, 1.82) is 0 Å². The fourth-order valence-electron chi connectivity index (χ4n) is 1.86. The molecule has 0 radical (unpaired) electrons. The van der Waals surface area contributed by atoms with Crippen LogP contribution in [0, 0.1) is 5.82 Å². The molecule has 0 saturated heterocycles. The average molecular weight is 348 g/mol. The molecule has 0 unspecified atom stereocenters. The average Bonchev–Trinajstić information content (AvgIpc) is 2.55. The molecule has 0 heterocycles. The second kappa shape index (κ2) is 8.21. The van der Waals surface area contributed by atoms with Gasteiger partial charge in [-0.2, -0.15) is 5.10 Å². The molecule has 0 aromatic heterocycles. The lowest BCUT2D eigenvalue weighted by atomic mass is 10.2. The summed E-state index contributed by atoms with van der Waals surface area (Å²) in [6.45, 7) is 1.61. The first-order valence-electron chi connectivity index (χ1n) is 7.09. The van der Waals surface area contributed by atoms with E-state index in [1.54, 1.807) is 31.2 Å². The highest BCUT2D eigenvalue weighted by Crippen LogP contribution is 2.14. The van der Waals surface area contributed by atoms with E-state index in [4.69, 9.17) is 11.6 Å². The number of nitrogens with zero attached hydrogens (tertiary/aromatic N) is 1. The van der Waals surface area contributed by atoms with E-state index in [2.05, 4.69) is 15.8 Å². The fourth-order valence-corrected chi connectivity index (χ4v) is 2.08. The van der Waals surface area contributed by atoms with Gasteiger partial charge in [0.1, 0.15) is 5.82 Å². The number of carbonyl (C=O) groups excluding carboxylic acids is 2. The van der Waals surface area contributed by atoms with Crippen molar-refractivity contribution in [3.8, 4) is 0 Å². The summed E-state index contributed by atoms with van der Waals surface area (Å²) in [5.41, 5.74) is 3.54. The second-order valence-electron chi connectivity index (χ2n) is 5.00. The van der Waals surface area contributed by atoms with Crippen molar-refractivity contribution >= 4 is 34.8 Å². The summed E-state index contributed by atoms with van der Waals surface area (Å²) in [5, 5.41) is 6.80. The zero-order chi connectivity index (χ0) is 17.5. The molecule has 0 bridgehead atoms. The summed E-state index contributed by atoms with van der Waals surface area (Å²) in [6, 6.07) is 12.0. The Hall–Kier alpha value is -2.73. The molecule has 0 saturated carbocycles. The highest BCUT2D eigenvalue weighted by molar-refractivity contribution is 6.33. The van der Waals surface area contributed by atoms with Gasteiger partial charge in [-0.1, -0.05) is 23.7 Å². The maximum atomic E-state index is 12.8. The highest BCUT2D eigenvalue weighted by atomic mass is 35.5. The summed E-state index contributed by atoms with van der Waals surface area (Å²) in [4.78, 5) is 23.8. The Kier molecular flexibility index (Phi) is 6.03. The Morgan fingerprint density at radius 2 is 1.79 bits per heavy atom. The van der Waals surface area contributed by atoms with Crippen LogP contribution in [0.2, 0.25) is 5.02 Å². The Labute approximate surface area is 143 Å². The van der Waals surface area contributed by atoms with Gasteiger partial charge in [-0.15, -0.1) is 0 Å². The summed E-state index contributed by atoms with van der Waals surface area (Å²) in [7, 11) is 0. The summed E-state index contributed by atoms with van der Waals surface area (Å²) >= 11 is 5.92. The Balaban J connectivity index is 1.89. The van der Waals surface area contributed by atoms with Crippen LogP contribution < -0.4 is 10.7 Å². The smallest absolute Gasteiger partial charge is 0.272 e. The number of halogens is 2. The SMILES string of the molecule is C/C(CC(=O)Nc1ccc(F)cc1)=N/NC(=O)c1ccccc1Cl. The molecular formula is C17H15ClFN3O2. The van der Waals surface area contributed by atoms with Gasteiger partial charge < -0.3 is 5.32 Å². The molecule has 0 spiro atoms. The topological polar surface area (TPSA) is 70.6 Å². The normalized spacial score (nSPS) is 11.0. The third-order valence-corrected chi connectivity index (χ3v) is 3.34. The molecule has 2 N–H and O–H groups in total. The first-order valence-corrected chi connectivity index (χ1v) is 7.47. The van der Waals surface area contributed by atoms with Crippen LogP contribution >= 0.6 is 11.6 Å². The summed E-state index contributed by atoms with van der Waals surface area (Å²) in [6.07, 6.45) is -0.0137. The number of rotatable bonds is 5. The number of anilines is 1. The van der Waals surface area contributed by atoms with Gasteiger partial charge in [0, 0.05) is 11.4 Å². The van der Waals surface area contributed by atoms with E-state index in [0.29, 0.717) is 22.0 Å². The zero-order valence-electron chi connectivity index (χ0n) is 12.8. The van der Waals surface area contributed by atoms with Gasteiger partial charge >= 0.3 is 0 Å². The number of benzene rings is 2. The van der Waals surface area contributed by atoms with Gasteiger partial charge in [0.2, 0.25) is 5.91 Å². The standard InChI is InChI=1S/C17H15ClFN3O2/c1-11(10-16(23)20-13-8-6-12(19)7-9-13)21-22-17(24)14-4-2-3-5-15(14)18/h2-9H,10H2,1H3,(H,20,23)(H,22,24)/b21-11-. The Morgan fingerprint density at radius 3 is 2.46 bits per heavy atom. The van der Waals surface area contributed by atoms with Crippen molar-refractivity contribution in [2.45, 2.75) is 13.3 Å². The van der Waals surface area contributed by atoms with Crippen LogP contribution in [0.25, 0.3) is 0 Å². The molecule has 0 aliphatic carbocycles. The molecule has 2 rings (SSSR count). The van der Waals surface area contributed by atoms with Gasteiger partial charge in [0.15, 0.2) is 0 Å². The van der Waals surface area contributed by atoms with E-state index < -0.39 is 5.91 Å². The van der Waals surface area contributed by atoms with Gasteiger partial charge in [-0.3, -0.25) is 9.59 Å². The Morgan fingerprint density at radius 1 is 1.12 bits per heavy atom. The van der Waals surface area contributed by atoms with Gasteiger partial charge in [-0.05, 0) is 43.3 Å². The molecule has 2 amide bonds. The minimum absolute atomic E-state index is 0.0137. The van der Waals surface area contributed by atoms with Crippen molar-refractivity contribution < 1.29 is 14.0 Å². The first kappa shape index (κ1) is 17.6. The Bertz CT molecular complexity index is 776. The van der Waals surface area contributed by atoms with Crippen LogP contribution in [-0.4, -0.2) is 17.5 Å². The molecule has 124 valence electrons. The number of carbonyl (C=O) groups is 2. The predicted octanol–water partition coefficient (Wildman–Crippen LogP) is 3.61. The van der Waals surface area contributed by atoms with Crippen molar-refractivity contribution in [3.63, 3.8) is 0 Å². The van der Waals surface area contributed by atoms with Crippen molar-refractivity contribution in [2.75, 3.05) is 5.32 Å². The maximum Gasteiger partial charge on any atom is 0.272 e. The fraction of sp³-hybridized carbons (Fsp3) is 0.118. The molecular weight excluding hydrogens is 333 g/mol. The van der Waals surface area contributed by atoms with E-state index in [-0.39, 0.29) is 18.1 Å². The van der Waals surface area contributed by atoms with Crippen LogP contribution in [-0.2, 0) is 4.79 Å². The van der Waals surface area contributed by atoms with Crippen LogP contribution in [0.4, 0.5) is 10.1 Å². The minimum atomic E-state index is -0.459. The minimum Gasteiger partial charge on any atom is -0.326 e. The second-order valence-corrected chi connectivity index (χ2v) is 5.41. The van der Waals surface area contributed by atoms with Crippen molar-refractivity contribution in [3.05, 3.63) is 64.9 Å². The van der Waals surface area contributed by atoms with Gasteiger partial charge in [0.25, 0.3) is 5.91 Å². The predicted molar refractivity (Wildman–Crippen MR) is 91.7 cm³/mol. The van der Waals surface area contributed by atoms with Crippen LogP contribution in [0.5, 0.6) is 0 Å². The molecule has 24 heavy (non-hydrogen) atoms. The van der Waals surface area contributed by atoms with Crippen LogP contribution in [0.1, 0.15) is 23.7 Å². The van der Waals surface area contributed by atoms with Gasteiger partial charge in [-0.25, -0.2) is 9.82 Å². The lowest BCUT2D eigenvalue weighted by molar-refractivity contribution is -0.115. The lowest BCUT2D eigenvalue weighted by Crippen LogP contribution is -2.21. The molecule has 0 aliphatic rings. The lowest BCUT2D eigenvalue weighted by Gasteiger charge is -2.06. The number of amides is 2. The molecule has 7 heteroatoms. The molecule has 2 aromatic rings. The maximum absolute atomic E-state index is 12.8. The third kappa shape index (κ3) is 5.17. The largest absolute Gasteiger partial charge is 0.326 e. The molecule has 5 nitrogen and oxygen atoms in total. The molecule has 0 aliphatic heterocycles. The van der Waals surface area contributed by atoms with Crippen LogP contribution in [0.15, 0.2) is 53.6 Å². The van der Waals surface area contributed by atoms with E-state index >= 15 is 0 Å². The molecule has 2 aromatic carbocycles. The van der Waals surface area contributed by atoms with Crippen molar-refractivity contribution in [1.82, 2.24) is 5.43 Å². The molecule has 0 fully saturated rings. The van der Waals surface area contributed by atoms with Crippen molar-refractivity contribution in [2.24, 2.45) is 5.10 Å². The van der Waals surface area contributed by atoms with Gasteiger partial charge in [0.05, 0.1) is 17.0 Å². The number of hydrogen-bond acceptors (Lipinski definition) is 3. The quantitative estimate of drug-likeness (QED) is 0.640. The van der Waals surface area contributed by atoms with E-state index in [1.807, 2.05) is 0 Å². The number of nitrogens with one attached hydrogen (secondary N) is 2. The van der Waals surface area contributed by atoms with E-state index in [9.17, 15) is 14.0 Å². The van der Waals surface area contributed by atoms with Crippen LogP contribution in [0.3, 0.4) is 0 Å². The van der Waals surface area contributed by atoms with E-state index in [0.717, 1.165) is 0 Å². The summed E-state index contributed by atoms with van der Waals surface area (Å²) in [5.74, 6) is -1.17. The monoisotopic (exact) mass is 347 g/mol. The zero-order valence-corrected chi connectivity index (χ0v) is 13.6. The third-order valence-electron chi connectivity index (χ3n) is 3.01. The number of hydrazone groups is 1. The first-order chi connectivity index (χ1) is 11.5. The molecule has 0 atom stereocenters.